The zero-order valence-electron chi connectivity index (χ0n) is 14.7. The largest absolute Gasteiger partial charge is 0.497 e. The number of nitrogens with one attached hydrogen (secondary N) is 1. The maximum absolute atomic E-state index is 11.9. The number of carbonyl (C=O) groups excluding carboxylic acids is 2. The van der Waals surface area contributed by atoms with Crippen LogP contribution in [0.4, 0.5) is 5.69 Å². The van der Waals surface area contributed by atoms with Crippen LogP contribution < -0.4 is 24.3 Å². The topological polar surface area (TPSA) is 92.3 Å². The van der Waals surface area contributed by atoms with Crippen LogP contribution in [0.15, 0.2) is 42.5 Å². The van der Waals surface area contributed by atoms with Crippen molar-refractivity contribution in [1.29, 1.82) is 0 Å². The van der Waals surface area contributed by atoms with E-state index < -0.39 is 11.9 Å². The van der Waals surface area contributed by atoms with Crippen molar-refractivity contribution in [2.75, 3.05) is 32.4 Å². The lowest BCUT2D eigenvalue weighted by Gasteiger charge is -2.08. The van der Waals surface area contributed by atoms with Crippen molar-refractivity contribution in [3.63, 3.8) is 0 Å². The van der Waals surface area contributed by atoms with Crippen molar-refractivity contribution in [2.45, 2.75) is 6.42 Å². The number of anilines is 1. The molecule has 0 radical (unpaired) electrons. The van der Waals surface area contributed by atoms with Gasteiger partial charge in [0.2, 0.25) is 6.79 Å². The van der Waals surface area contributed by atoms with E-state index >= 15 is 0 Å². The van der Waals surface area contributed by atoms with Gasteiger partial charge < -0.3 is 29.0 Å². The Kier molecular flexibility index (Phi) is 5.98. The van der Waals surface area contributed by atoms with Gasteiger partial charge in [0.25, 0.3) is 5.91 Å². The molecule has 0 spiro atoms. The SMILES string of the molecule is COc1ccc(OCCC(=O)OCC(=O)Nc2ccc3c(c2)OCO3)cc1. The van der Waals surface area contributed by atoms with Crippen LogP contribution in [0.25, 0.3) is 0 Å². The highest BCUT2D eigenvalue weighted by atomic mass is 16.7. The standard InChI is InChI=1S/C19H19NO7/c1-23-14-3-5-15(6-4-14)24-9-8-19(22)25-11-18(21)20-13-2-7-16-17(10-13)27-12-26-16/h2-7,10H,8-9,11-12H2,1H3,(H,20,21). The maximum Gasteiger partial charge on any atom is 0.309 e. The first kappa shape index (κ1) is 18.4. The van der Waals surface area contributed by atoms with Crippen molar-refractivity contribution in [3.8, 4) is 23.0 Å². The van der Waals surface area contributed by atoms with E-state index in [9.17, 15) is 9.59 Å². The highest BCUT2D eigenvalue weighted by Crippen LogP contribution is 2.34. The van der Waals surface area contributed by atoms with E-state index in [1.54, 1.807) is 49.6 Å². The minimum Gasteiger partial charge on any atom is -0.497 e. The summed E-state index contributed by atoms with van der Waals surface area (Å²) in [5.41, 5.74) is 0.531. The van der Waals surface area contributed by atoms with Gasteiger partial charge in [0.15, 0.2) is 18.1 Å². The first-order chi connectivity index (χ1) is 13.1. The summed E-state index contributed by atoms with van der Waals surface area (Å²) in [5, 5.41) is 2.62. The van der Waals surface area contributed by atoms with Gasteiger partial charge in [0, 0.05) is 11.8 Å². The van der Waals surface area contributed by atoms with Crippen LogP contribution in [0.5, 0.6) is 23.0 Å². The molecule has 1 heterocycles. The molecule has 1 amide bonds. The Morgan fingerprint density at radius 1 is 1.04 bits per heavy atom. The molecular formula is C19H19NO7. The summed E-state index contributed by atoms with van der Waals surface area (Å²) in [7, 11) is 1.58. The van der Waals surface area contributed by atoms with Crippen LogP contribution in [0.1, 0.15) is 6.42 Å². The average Bonchev–Trinajstić information content (AvgIpc) is 3.15. The predicted molar refractivity (Wildman–Crippen MR) is 95.3 cm³/mol. The zero-order valence-corrected chi connectivity index (χ0v) is 14.7. The van der Waals surface area contributed by atoms with Gasteiger partial charge in [-0.05, 0) is 36.4 Å². The highest BCUT2D eigenvalue weighted by Gasteiger charge is 2.14. The molecule has 142 valence electrons. The van der Waals surface area contributed by atoms with Crippen molar-refractivity contribution in [2.24, 2.45) is 0 Å². The summed E-state index contributed by atoms with van der Waals surface area (Å²) in [6.45, 7) is -0.0757. The third kappa shape index (κ3) is 5.27. The molecule has 8 heteroatoms. The Bertz CT molecular complexity index is 804. The third-order valence-electron chi connectivity index (χ3n) is 3.65. The number of benzene rings is 2. The van der Waals surface area contributed by atoms with Crippen LogP contribution in [0.3, 0.4) is 0 Å². The number of methoxy groups -OCH3 is 1. The van der Waals surface area contributed by atoms with Gasteiger partial charge in [0.05, 0.1) is 20.1 Å². The van der Waals surface area contributed by atoms with Gasteiger partial charge in [-0.2, -0.15) is 0 Å². The fraction of sp³-hybridized carbons (Fsp3) is 0.263. The Hall–Kier alpha value is -3.42. The van der Waals surface area contributed by atoms with Gasteiger partial charge in [0.1, 0.15) is 11.5 Å². The van der Waals surface area contributed by atoms with Crippen molar-refractivity contribution < 1.29 is 33.3 Å². The second-order valence-electron chi connectivity index (χ2n) is 5.55. The first-order valence-electron chi connectivity index (χ1n) is 8.26. The summed E-state index contributed by atoms with van der Waals surface area (Å²) < 4.78 is 25.9. The van der Waals surface area contributed by atoms with E-state index in [4.69, 9.17) is 23.7 Å². The lowest BCUT2D eigenvalue weighted by molar-refractivity contribution is -0.147. The maximum atomic E-state index is 11.9. The van der Waals surface area contributed by atoms with E-state index in [-0.39, 0.29) is 26.4 Å². The number of fused-ring (bicyclic) bond motifs is 1. The molecule has 0 unspecified atom stereocenters. The van der Waals surface area contributed by atoms with Crippen molar-refractivity contribution in [3.05, 3.63) is 42.5 Å². The van der Waals surface area contributed by atoms with Crippen LogP contribution >= 0.6 is 0 Å². The number of rotatable bonds is 8. The van der Waals surface area contributed by atoms with E-state index in [0.29, 0.717) is 22.9 Å². The lowest BCUT2D eigenvalue weighted by Crippen LogP contribution is -2.21. The smallest absolute Gasteiger partial charge is 0.309 e. The molecule has 0 aromatic heterocycles. The average molecular weight is 373 g/mol. The van der Waals surface area contributed by atoms with E-state index in [1.165, 1.54) is 0 Å². The summed E-state index contributed by atoms with van der Waals surface area (Å²) in [5.74, 6) is 1.54. The summed E-state index contributed by atoms with van der Waals surface area (Å²) in [4.78, 5) is 23.6. The molecular weight excluding hydrogens is 354 g/mol. The number of esters is 1. The van der Waals surface area contributed by atoms with E-state index in [0.717, 1.165) is 5.75 Å². The van der Waals surface area contributed by atoms with Crippen LogP contribution in [0.2, 0.25) is 0 Å². The zero-order chi connectivity index (χ0) is 19.1. The summed E-state index contributed by atoms with van der Waals surface area (Å²) >= 11 is 0. The van der Waals surface area contributed by atoms with Crippen LogP contribution in [0, 0.1) is 0 Å². The van der Waals surface area contributed by atoms with Gasteiger partial charge in [-0.3, -0.25) is 9.59 Å². The van der Waals surface area contributed by atoms with Crippen molar-refractivity contribution in [1.82, 2.24) is 0 Å². The Labute approximate surface area is 155 Å². The molecule has 0 fully saturated rings. The molecule has 1 aliphatic rings. The monoisotopic (exact) mass is 373 g/mol. The fourth-order valence-electron chi connectivity index (χ4n) is 2.31. The molecule has 0 saturated carbocycles. The molecule has 0 aliphatic carbocycles. The molecule has 1 N–H and O–H groups in total. The minimum absolute atomic E-state index is 0.0311. The van der Waals surface area contributed by atoms with Crippen LogP contribution in [-0.4, -0.2) is 39.0 Å². The third-order valence-corrected chi connectivity index (χ3v) is 3.65. The van der Waals surface area contributed by atoms with E-state index in [1.807, 2.05) is 0 Å². The van der Waals surface area contributed by atoms with E-state index in [2.05, 4.69) is 5.32 Å². The summed E-state index contributed by atoms with van der Waals surface area (Å²) in [6, 6.07) is 12.0. The number of ether oxygens (including phenoxy) is 5. The Balaban J connectivity index is 1.35. The molecule has 8 nitrogen and oxygen atoms in total. The second kappa shape index (κ2) is 8.79. The van der Waals surface area contributed by atoms with Gasteiger partial charge in [-0.1, -0.05) is 0 Å². The quantitative estimate of drug-likeness (QED) is 0.710. The Morgan fingerprint density at radius 2 is 1.78 bits per heavy atom. The first-order valence-corrected chi connectivity index (χ1v) is 8.26. The van der Waals surface area contributed by atoms with Gasteiger partial charge in [-0.25, -0.2) is 0 Å². The normalized spacial score (nSPS) is 11.6. The molecule has 0 saturated heterocycles. The van der Waals surface area contributed by atoms with Gasteiger partial charge >= 0.3 is 5.97 Å². The number of hydrogen-bond donors (Lipinski definition) is 1. The molecule has 1 aliphatic heterocycles. The molecule has 2 aromatic carbocycles. The molecule has 27 heavy (non-hydrogen) atoms. The highest BCUT2D eigenvalue weighted by molar-refractivity contribution is 5.93. The second-order valence-corrected chi connectivity index (χ2v) is 5.55. The lowest BCUT2D eigenvalue weighted by atomic mass is 10.3. The van der Waals surface area contributed by atoms with Crippen molar-refractivity contribution >= 4 is 17.6 Å². The molecule has 0 atom stereocenters. The minimum atomic E-state index is -0.524. The summed E-state index contributed by atoms with van der Waals surface area (Å²) in [6.07, 6.45) is 0.0311. The Morgan fingerprint density at radius 3 is 2.56 bits per heavy atom. The predicted octanol–water partition coefficient (Wildman–Crippen LogP) is 2.37. The fourth-order valence-corrected chi connectivity index (χ4v) is 2.31. The number of hydrogen-bond acceptors (Lipinski definition) is 7. The molecule has 3 rings (SSSR count). The number of amides is 1. The molecule has 2 aromatic rings. The van der Waals surface area contributed by atoms with Gasteiger partial charge in [-0.15, -0.1) is 0 Å². The number of carbonyl (C=O) groups is 2. The van der Waals surface area contributed by atoms with Crippen LogP contribution in [-0.2, 0) is 14.3 Å². The molecule has 0 bridgehead atoms.